The number of halogens is 1. The Kier molecular flexibility index (Phi) is 4.18. The second kappa shape index (κ2) is 6.13. The quantitative estimate of drug-likeness (QED) is 0.393. The molecule has 0 fully saturated rings. The minimum absolute atomic E-state index is 0.802. The number of hydrogen-bond donors (Lipinski definition) is 0. The summed E-state index contributed by atoms with van der Waals surface area (Å²) in [7, 11) is -3.45. The van der Waals surface area contributed by atoms with Gasteiger partial charge in [0, 0.05) is 0 Å². The minimum Gasteiger partial charge on any atom is -0.296 e. The van der Waals surface area contributed by atoms with Gasteiger partial charge in [-0.2, -0.15) is 0 Å². The Morgan fingerprint density at radius 1 is 0.478 bits per heavy atom. The van der Waals surface area contributed by atoms with Crippen molar-refractivity contribution in [3.05, 3.63) is 89.5 Å². The largest absolute Gasteiger partial charge is 0.339 e. The van der Waals surface area contributed by atoms with Gasteiger partial charge in [0.25, 0.3) is 0 Å². The van der Waals surface area contributed by atoms with Crippen LogP contribution in [0.5, 0.6) is 0 Å². The lowest BCUT2D eigenvalue weighted by Gasteiger charge is -2.24. The summed E-state index contributed by atoms with van der Waals surface area (Å²) < 4.78 is 16.5. The van der Waals surface area contributed by atoms with Gasteiger partial charge < -0.3 is 0 Å². The van der Waals surface area contributed by atoms with Crippen molar-refractivity contribution in [2.24, 2.45) is 0 Å². The Labute approximate surface area is 138 Å². The lowest BCUT2D eigenvalue weighted by Crippen LogP contribution is -2.63. The molecule has 3 aromatic rings. The van der Waals surface area contributed by atoms with Crippen LogP contribution in [0.1, 0.15) is 16.7 Å². The zero-order valence-corrected chi connectivity index (χ0v) is 14.8. The molecule has 0 nitrogen and oxygen atoms in total. The van der Waals surface area contributed by atoms with Crippen LogP contribution in [0.4, 0.5) is 4.11 Å². The second-order valence-corrected chi connectivity index (χ2v) is 9.31. The lowest BCUT2D eigenvalue weighted by atomic mass is 10.2. The van der Waals surface area contributed by atoms with E-state index in [0.29, 0.717) is 0 Å². The van der Waals surface area contributed by atoms with Gasteiger partial charge in [0.1, 0.15) is 0 Å². The molecule has 3 aromatic carbocycles. The standard InChI is InChI=1S/C21H21FSi/c1-16-4-10-19(11-5-16)23(22,20-12-6-17(2)7-13-20)21-14-8-18(3)9-15-21/h4-15H,1-3H3. The average Bonchev–Trinajstić information content (AvgIpc) is 2.56. The Morgan fingerprint density at radius 3 is 0.913 bits per heavy atom. The number of rotatable bonds is 3. The molecule has 0 N–H and O–H groups in total. The van der Waals surface area contributed by atoms with Gasteiger partial charge >= 0.3 is 8.41 Å². The van der Waals surface area contributed by atoms with E-state index in [0.717, 1.165) is 32.3 Å². The van der Waals surface area contributed by atoms with E-state index in [1.807, 2.05) is 93.6 Å². The lowest BCUT2D eigenvalue weighted by molar-refractivity contribution is 0.842. The maximum atomic E-state index is 16.5. The molecule has 0 bridgehead atoms. The molecule has 0 aromatic heterocycles. The number of hydrogen-bond acceptors (Lipinski definition) is 0. The molecule has 0 heterocycles. The summed E-state index contributed by atoms with van der Waals surface area (Å²) in [5.74, 6) is 0. The van der Waals surface area contributed by atoms with Crippen LogP contribution in [0, 0.1) is 20.8 Å². The predicted molar refractivity (Wildman–Crippen MR) is 99.3 cm³/mol. The van der Waals surface area contributed by atoms with E-state index in [2.05, 4.69) is 0 Å². The third-order valence-electron chi connectivity index (χ3n) is 4.35. The Bertz CT molecular complexity index is 676. The Hall–Kier alpha value is -2.19. The molecule has 0 saturated carbocycles. The van der Waals surface area contributed by atoms with E-state index in [4.69, 9.17) is 0 Å². The highest BCUT2D eigenvalue weighted by Crippen LogP contribution is 2.11. The maximum absolute atomic E-state index is 16.5. The summed E-state index contributed by atoms with van der Waals surface area (Å²) in [6.07, 6.45) is 0. The fourth-order valence-corrected chi connectivity index (χ4v) is 5.73. The first-order chi connectivity index (χ1) is 11.0. The highest BCUT2D eigenvalue weighted by Gasteiger charge is 2.41. The van der Waals surface area contributed by atoms with Crippen molar-refractivity contribution in [3.63, 3.8) is 0 Å². The second-order valence-electron chi connectivity index (χ2n) is 6.26. The molecule has 0 aliphatic rings. The topological polar surface area (TPSA) is 0 Å². The predicted octanol–water partition coefficient (Wildman–Crippen LogP) is 3.55. The summed E-state index contributed by atoms with van der Waals surface area (Å²) in [6.45, 7) is 6.09. The van der Waals surface area contributed by atoms with E-state index in [1.54, 1.807) is 0 Å². The normalized spacial score (nSPS) is 11.5. The molecule has 0 atom stereocenters. The first-order valence-electron chi connectivity index (χ1n) is 7.90. The zero-order valence-electron chi connectivity index (χ0n) is 13.8. The van der Waals surface area contributed by atoms with Crippen molar-refractivity contribution < 1.29 is 4.11 Å². The van der Waals surface area contributed by atoms with Gasteiger partial charge in [-0.05, 0) is 36.3 Å². The SMILES string of the molecule is Cc1ccc([Si](F)(c2ccc(C)cc2)c2ccc(C)cc2)cc1. The number of aryl methyl sites for hydroxylation is 3. The van der Waals surface area contributed by atoms with Crippen LogP contribution in [-0.2, 0) is 0 Å². The molecule has 0 saturated heterocycles. The maximum Gasteiger partial charge on any atom is 0.339 e. The molecular formula is C21H21FSi. The molecular weight excluding hydrogens is 299 g/mol. The van der Waals surface area contributed by atoms with Crippen molar-refractivity contribution in [1.82, 2.24) is 0 Å². The Balaban J connectivity index is 2.21. The van der Waals surface area contributed by atoms with Crippen LogP contribution in [0.15, 0.2) is 72.8 Å². The third kappa shape index (κ3) is 2.99. The minimum atomic E-state index is -3.45. The van der Waals surface area contributed by atoms with Crippen LogP contribution in [-0.4, -0.2) is 8.41 Å². The summed E-state index contributed by atoms with van der Waals surface area (Å²) >= 11 is 0. The van der Waals surface area contributed by atoms with Crippen molar-refractivity contribution in [3.8, 4) is 0 Å². The monoisotopic (exact) mass is 320 g/mol. The Morgan fingerprint density at radius 2 is 0.696 bits per heavy atom. The summed E-state index contributed by atoms with van der Waals surface area (Å²) in [4.78, 5) is 0. The van der Waals surface area contributed by atoms with E-state index in [9.17, 15) is 0 Å². The fraction of sp³-hybridized carbons (Fsp3) is 0.143. The molecule has 0 radical (unpaired) electrons. The van der Waals surface area contributed by atoms with Gasteiger partial charge in [0.05, 0.1) is 0 Å². The molecule has 0 amide bonds. The highest BCUT2D eigenvalue weighted by molar-refractivity contribution is 7.06. The summed E-state index contributed by atoms with van der Waals surface area (Å²) in [5.41, 5.74) is 3.45. The van der Waals surface area contributed by atoms with Crippen molar-refractivity contribution in [2.75, 3.05) is 0 Å². The average molecular weight is 320 g/mol. The fourth-order valence-electron chi connectivity index (χ4n) is 2.85. The first-order valence-corrected chi connectivity index (χ1v) is 9.78. The molecule has 0 unspecified atom stereocenters. The van der Waals surface area contributed by atoms with Gasteiger partial charge in [-0.1, -0.05) is 89.5 Å². The smallest absolute Gasteiger partial charge is 0.296 e. The van der Waals surface area contributed by atoms with E-state index < -0.39 is 8.41 Å². The van der Waals surface area contributed by atoms with Crippen LogP contribution in [0.25, 0.3) is 0 Å². The molecule has 2 heteroatoms. The van der Waals surface area contributed by atoms with E-state index >= 15 is 4.11 Å². The van der Waals surface area contributed by atoms with Crippen molar-refractivity contribution >= 4 is 24.0 Å². The van der Waals surface area contributed by atoms with Crippen LogP contribution >= 0.6 is 0 Å². The van der Waals surface area contributed by atoms with E-state index in [1.165, 1.54) is 0 Å². The molecule has 23 heavy (non-hydrogen) atoms. The highest BCUT2D eigenvalue weighted by atomic mass is 28.4. The molecule has 0 aliphatic carbocycles. The molecule has 3 rings (SSSR count). The van der Waals surface area contributed by atoms with E-state index in [-0.39, 0.29) is 0 Å². The molecule has 116 valence electrons. The number of benzene rings is 3. The van der Waals surface area contributed by atoms with Crippen molar-refractivity contribution in [2.45, 2.75) is 20.8 Å². The van der Waals surface area contributed by atoms with Crippen molar-refractivity contribution in [1.29, 1.82) is 0 Å². The van der Waals surface area contributed by atoms with Gasteiger partial charge in [0.2, 0.25) is 0 Å². The van der Waals surface area contributed by atoms with Gasteiger partial charge in [-0.25, -0.2) is 0 Å². The summed E-state index contributed by atoms with van der Waals surface area (Å²) in [6, 6.07) is 23.7. The molecule has 0 aliphatic heterocycles. The van der Waals surface area contributed by atoms with Gasteiger partial charge in [-0.15, -0.1) is 0 Å². The van der Waals surface area contributed by atoms with Gasteiger partial charge in [-0.3, -0.25) is 4.11 Å². The third-order valence-corrected chi connectivity index (χ3v) is 7.73. The van der Waals surface area contributed by atoms with Gasteiger partial charge in [0.15, 0.2) is 0 Å². The molecule has 0 spiro atoms. The van der Waals surface area contributed by atoms with Crippen LogP contribution in [0.3, 0.4) is 0 Å². The zero-order chi connectivity index (χ0) is 16.4. The van der Waals surface area contributed by atoms with Crippen LogP contribution in [0.2, 0.25) is 0 Å². The first kappa shape index (κ1) is 15.7. The summed E-state index contributed by atoms with van der Waals surface area (Å²) in [5, 5.41) is 2.41. The van der Waals surface area contributed by atoms with Crippen LogP contribution < -0.4 is 15.6 Å².